The SMILES string of the molecule is COc1cccc(OCC2c3ccsc3CCN2C(=O)CN(C(=O)c2ccccc2OC)C2CC2)c1. The topological polar surface area (TPSA) is 68.3 Å². The van der Waals surface area contributed by atoms with Crippen LogP contribution in [0, 0.1) is 0 Å². The number of thiophene rings is 1. The Balaban J connectivity index is 1.35. The molecule has 0 radical (unpaired) electrons. The molecule has 3 aromatic rings. The van der Waals surface area contributed by atoms with E-state index in [0.717, 1.165) is 30.6 Å². The highest BCUT2D eigenvalue weighted by atomic mass is 32.1. The number of benzene rings is 2. The smallest absolute Gasteiger partial charge is 0.258 e. The van der Waals surface area contributed by atoms with Gasteiger partial charge in [0.05, 0.1) is 25.8 Å². The van der Waals surface area contributed by atoms with Crippen LogP contribution in [0.2, 0.25) is 0 Å². The molecule has 7 nitrogen and oxygen atoms in total. The second kappa shape index (κ2) is 10.6. The van der Waals surface area contributed by atoms with Crippen molar-refractivity contribution in [1.82, 2.24) is 9.80 Å². The molecule has 2 heterocycles. The summed E-state index contributed by atoms with van der Waals surface area (Å²) >= 11 is 1.71. The fourth-order valence-corrected chi connectivity index (χ4v) is 5.63. The van der Waals surface area contributed by atoms with Crippen LogP contribution in [0.1, 0.15) is 39.7 Å². The molecule has 0 bridgehead atoms. The quantitative estimate of drug-likeness (QED) is 0.425. The maximum Gasteiger partial charge on any atom is 0.258 e. The second-order valence-electron chi connectivity index (χ2n) is 9.01. The highest BCUT2D eigenvalue weighted by molar-refractivity contribution is 7.10. The van der Waals surface area contributed by atoms with Gasteiger partial charge in [-0.15, -0.1) is 11.3 Å². The van der Waals surface area contributed by atoms with Crippen LogP contribution in [0.3, 0.4) is 0 Å². The predicted molar refractivity (Wildman–Crippen MR) is 138 cm³/mol. The molecule has 2 aliphatic rings. The molecular weight excluding hydrogens is 476 g/mol. The molecule has 5 rings (SSSR count). The lowest BCUT2D eigenvalue weighted by atomic mass is 10.0. The van der Waals surface area contributed by atoms with Crippen LogP contribution in [0.15, 0.2) is 60.0 Å². The molecule has 8 heteroatoms. The van der Waals surface area contributed by atoms with Crippen molar-refractivity contribution in [3.8, 4) is 17.2 Å². The van der Waals surface area contributed by atoms with E-state index in [2.05, 4.69) is 11.4 Å². The molecule has 1 atom stereocenters. The van der Waals surface area contributed by atoms with Crippen LogP contribution in [0.25, 0.3) is 0 Å². The van der Waals surface area contributed by atoms with Crippen molar-refractivity contribution in [2.45, 2.75) is 31.3 Å². The first-order chi connectivity index (χ1) is 17.6. The molecule has 36 heavy (non-hydrogen) atoms. The Bertz CT molecular complexity index is 1240. The highest BCUT2D eigenvalue weighted by Gasteiger charge is 2.38. The molecule has 1 aliphatic carbocycles. The molecule has 1 aliphatic heterocycles. The van der Waals surface area contributed by atoms with Gasteiger partial charge < -0.3 is 24.0 Å². The van der Waals surface area contributed by atoms with Gasteiger partial charge in [0.25, 0.3) is 5.91 Å². The van der Waals surface area contributed by atoms with E-state index in [0.29, 0.717) is 30.2 Å². The Kier molecular flexibility index (Phi) is 7.13. The minimum atomic E-state index is -0.221. The van der Waals surface area contributed by atoms with E-state index in [1.807, 2.05) is 41.3 Å². The Labute approximate surface area is 215 Å². The zero-order chi connectivity index (χ0) is 25.1. The van der Waals surface area contributed by atoms with Gasteiger partial charge in [0.1, 0.15) is 30.4 Å². The van der Waals surface area contributed by atoms with Crippen LogP contribution in [-0.4, -0.2) is 61.6 Å². The van der Waals surface area contributed by atoms with E-state index >= 15 is 0 Å². The number of hydrogen-bond donors (Lipinski definition) is 0. The van der Waals surface area contributed by atoms with Gasteiger partial charge in [0.2, 0.25) is 5.91 Å². The lowest BCUT2D eigenvalue weighted by Gasteiger charge is -2.37. The number of carbonyl (C=O) groups is 2. The molecule has 0 saturated heterocycles. The highest BCUT2D eigenvalue weighted by Crippen LogP contribution is 2.35. The van der Waals surface area contributed by atoms with Gasteiger partial charge in [-0.2, -0.15) is 0 Å². The summed E-state index contributed by atoms with van der Waals surface area (Å²) < 4.78 is 16.9. The first-order valence-electron chi connectivity index (χ1n) is 12.2. The van der Waals surface area contributed by atoms with Crippen LogP contribution >= 0.6 is 11.3 Å². The van der Waals surface area contributed by atoms with Crippen molar-refractivity contribution in [1.29, 1.82) is 0 Å². The van der Waals surface area contributed by atoms with Crippen molar-refractivity contribution in [3.05, 3.63) is 76.0 Å². The largest absolute Gasteiger partial charge is 0.497 e. The average Bonchev–Trinajstić information content (AvgIpc) is 3.65. The third-order valence-electron chi connectivity index (χ3n) is 6.76. The van der Waals surface area contributed by atoms with E-state index in [9.17, 15) is 9.59 Å². The minimum Gasteiger partial charge on any atom is -0.497 e. The van der Waals surface area contributed by atoms with Gasteiger partial charge >= 0.3 is 0 Å². The summed E-state index contributed by atoms with van der Waals surface area (Å²) in [5, 5.41) is 2.07. The normalized spacial score (nSPS) is 16.7. The van der Waals surface area contributed by atoms with Gasteiger partial charge in [-0.1, -0.05) is 18.2 Å². The number of methoxy groups -OCH3 is 2. The fraction of sp³-hybridized carbons (Fsp3) is 0.357. The predicted octanol–water partition coefficient (Wildman–Crippen LogP) is 4.57. The van der Waals surface area contributed by atoms with Gasteiger partial charge in [-0.25, -0.2) is 0 Å². The van der Waals surface area contributed by atoms with Crippen LogP contribution in [0.4, 0.5) is 0 Å². The summed E-state index contributed by atoms with van der Waals surface area (Å²) in [5.74, 6) is 1.69. The molecule has 2 aromatic carbocycles. The Hall–Kier alpha value is -3.52. The third-order valence-corrected chi connectivity index (χ3v) is 7.75. The summed E-state index contributed by atoms with van der Waals surface area (Å²) in [4.78, 5) is 32.1. The van der Waals surface area contributed by atoms with Crippen molar-refractivity contribution in [3.63, 3.8) is 0 Å². The molecule has 0 spiro atoms. The Morgan fingerprint density at radius 1 is 1.03 bits per heavy atom. The van der Waals surface area contributed by atoms with Gasteiger partial charge in [-0.3, -0.25) is 9.59 Å². The number of hydrogen-bond acceptors (Lipinski definition) is 6. The zero-order valence-corrected chi connectivity index (χ0v) is 21.3. The first kappa shape index (κ1) is 24.2. The van der Waals surface area contributed by atoms with Crippen LogP contribution < -0.4 is 14.2 Å². The molecule has 1 fully saturated rings. The number of fused-ring (bicyclic) bond motifs is 1. The van der Waals surface area contributed by atoms with Crippen LogP contribution in [0.5, 0.6) is 17.2 Å². The zero-order valence-electron chi connectivity index (χ0n) is 20.5. The lowest BCUT2D eigenvalue weighted by molar-refractivity contribution is -0.135. The third kappa shape index (κ3) is 5.04. The number of ether oxygens (including phenoxy) is 3. The number of rotatable bonds is 9. The summed E-state index contributed by atoms with van der Waals surface area (Å²) in [7, 11) is 3.17. The minimum absolute atomic E-state index is 0.0384. The molecule has 188 valence electrons. The van der Waals surface area contributed by atoms with Gasteiger partial charge in [0, 0.05) is 23.5 Å². The van der Waals surface area contributed by atoms with E-state index in [4.69, 9.17) is 14.2 Å². The number of para-hydroxylation sites is 1. The lowest BCUT2D eigenvalue weighted by Crippen LogP contribution is -2.48. The first-order valence-corrected chi connectivity index (χ1v) is 13.0. The summed E-state index contributed by atoms with van der Waals surface area (Å²) in [6.45, 7) is 0.961. The standard InChI is InChI=1S/C28H30N2O5S/c1-33-20-6-5-7-21(16-20)35-18-24-22-13-15-36-26(22)12-14-29(24)27(31)17-30(19-10-11-19)28(32)23-8-3-4-9-25(23)34-2/h3-9,13,15-16,19,24H,10-12,14,17-18H2,1-2H3. The van der Waals surface area contributed by atoms with E-state index in [-0.39, 0.29) is 30.4 Å². The average molecular weight is 507 g/mol. The Morgan fingerprint density at radius 3 is 2.61 bits per heavy atom. The van der Waals surface area contributed by atoms with Crippen molar-refractivity contribution >= 4 is 23.2 Å². The summed E-state index contributed by atoms with van der Waals surface area (Å²) in [6, 6.07) is 16.6. The summed E-state index contributed by atoms with van der Waals surface area (Å²) in [6.07, 6.45) is 2.62. The van der Waals surface area contributed by atoms with Crippen molar-refractivity contribution < 1.29 is 23.8 Å². The number of amides is 2. The molecule has 0 N–H and O–H groups in total. The van der Waals surface area contributed by atoms with Gasteiger partial charge in [0.15, 0.2) is 0 Å². The maximum absolute atomic E-state index is 13.7. The molecule has 1 aromatic heterocycles. The van der Waals surface area contributed by atoms with E-state index < -0.39 is 0 Å². The monoisotopic (exact) mass is 506 g/mol. The number of nitrogens with zero attached hydrogens (tertiary/aromatic N) is 2. The van der Waals surface area contributed by atoms with E-state index in [1.165, 1.54) is 4.88 Å². The van der Waals surface area contributed by atoms with Crippen molar-refractivity contribution in [2.24, 2.45) is 0 Å². The number of carbonyl (C=O) groups excluding carboxylic acids is 2. The molecule has 1 unspecified atom stereocenters. The Morgan fingerprint density at radius 2 is 1.83 bits per heavy atom. The van der Waals surface area contributed by atoms with E-state index in [1.54, 1.807) is 42.6 Å². The maximum atomic E-state index is 13.7. The van der Waals surface area contributed by atoms with Crippen molar-refractivity contribution in [2.75, 3.05) is 33.9 Å². The molecule has 1 saturated carbocycles. The second-order valence-corrected chi connectivity index (χ2v) is 10.0. The molecular formula is C28H30N2O5S. The summed E-state index contributed by atoms with van der Waals surface area (Å²) in [5.41, 5.74) is 1.60. The fourth-order valence-electron chi connectivity index (χ4n) is 4.71. The van der Waals surface area contributed by atoms with Gasteiger partial charge in [-0.05, 0) is 60.5 Å². The van der Waals surface area contributed by atoms with Crippen LogP contribution in [-0.2, 0) is 11.2 Å². The molecule has 2 amide bonds.